The number of ketones is 2. The average Bonchev–Trinajstić information content (AvgIpc) is 2.83. The Balaban J connectivity index is 1.69. The Kier molecular flexibility index (Phi) is 5.50. The van der Waals surface area contributed by atoms with E-state index in [0.29, 0.717) is 12.0 Å². The van der Waals surface area contributed by atoms with Crippen LogP contribution in [0.15, 0.2) is 35.1 Å². The molecular weight excluding hydrogens is 464 g/mol. The largest absolute Gasteiger partial charge is 0.515 e. The van der Waals surface area contributed by atoms with E-state index in [9.17, 15) is 19.5 Å². The summed E-state index contributed by atoms with van der Waals surface area (Å²) in [6.45, 7) is 15.1. The van der Waals surface area contributed by atoms with Crippen LogP contribution in [0.5, 0.6) is 0 Å². The number of allylic oxidation sites excluding steroid dienone is 4. The van der Waals surface area contributed by atoms with Gasteiger partial charge in [0.25, 0.3) is 0 Å². The van der Waals surface area contributed by atoms with Gasteiger partial charge in [0.05, 0.1) is 18.8 Å². The van der Waals surface area contributed by atoms with E-state index in [2.05, 4.69) is 33.8 Å². The van der Waals surface area contributed by atoms with E-state index in [1.165, 1.54) is 7.11 Å². The summed E-state index contributed by atoms with van der Waals surface area (Å²) < 4.78 is 5.19. The van der Waals surface area contributed by atoms with Gasteiger partial charge in [0.2, 0.25) is 0 Å². The third kappa shape index (κ3) is 3.12. The lowest BCUT2D eigenvalue weighted by atomic mass is 9.34. The number of esters is 1. The van der Waals surface area contributed by atoms with Crippen LogP contribution in [-0.2, 0) is 19.1 Å². The van der Waals surface area contributed by atoms with Gasteiger partial charge in [-0.05, 0) is 96.7 Å². The molecule has 5 nitrogen and oxygen atoms in total. The first-order valence-corrected chi connectivity index (χ1v) is 14.0. The topological polar surface area (TPSA) is 80.7 Å². The zero-order valence-electron chi connectivity index (χ0n) is 23.9. The Labute approximate surface area is 221 Å². The van der Waals surface area contributed by atoms with Gasteiger partial charge in [-0.3, -0.25) is 14.4 Å². The van der Waals surface area contributed by atoms with E-state index in [1.54, 1.807) is 0 Å². The summed E-state index contributed by atoms with van der Waals surface area (Å²) in [4.78, 5) is 40.4. The van der Waals surface area contributed by atoms with Crippen LogP contribution in [-0.4, -0.2) is 29.8 Å². The Bertz CT molecular complexity index is 1190. The zero-order chi connectivity index (χ0) is 27.4. The van der Waals surface area contributed by atoms with Crippen LogP contribution < -0.4 is 0 Å². The minimum atomic E-state index is -0.693. The molecule has 0 saturated heterocycles. The maximum absolute atomic E-state index is 14.3. The smallest absolute Gasteiger partial charge is 0.315 e. The minimum Gasteiger partial charge on any atom is -0.515 e. The van der Waals surface area contributed by atoms with Crippen LogP contribution in [0, 0.1) is 44.3 Å². The number of hydrogen-bond donors (Lipinski definition) is 1. The van der Waals surface area contributed by atoms with Crippen molar-refractivity contribution >= 4 is 17.5 Å². The Morgan fingerprint density at radius 3 is 2.24 bits per heavy atom. The summed E-state index contributed by atoms with van der Waals surface area (Å²) >= 11 is 0. The van der Waals surface area contributed by atoms with Gasteiger partial charge in [0, 0.05) is 16.9 Å². The Morgan fingerprint density at radius 2 is 1.62 bits per heavy atom. The van der Waals surface area contributed by atoms with E-state index in [4.69, 9.17) is 4.74 Å². The number of fused-ring (bicyclic) bond motifs is 7. The van der Waals surface area contributed by atoms with Crippen LogP contribution >= 0.6 is 0 Å². The Morgan fingerprint density at radius 1 is 0.973 bits per heavy atom. The van der Waals surface area contributed by atoms with E-state index in [1.807, 2.05) is 26.8 Å². The number of carbonyl (C=O) groups excluding carboxylic acids is 3. The highest BCUT2D eigenvalue weighted by atomic mass is 16.5. The van der Waals surface area contributed by atoms with E-state index in [0.717, 1.165) is 55.9 Å². The third-order valence-electron chi connectivity index (χ3n) is 12.4. The fourth-order valence-corrected chi connectivity index (χ4v) is 9.96. The molecule has 0 radical (unpaired) electrons. The van der Waals surface area contributed by atoms with Crippen molar-refractivity contribution in [2.45, 2.75) is 93.4 Å². The highest BCUT2D eigenvalue weighted by Crippen LogP contribution is 2.74. The SMILES string of the molecule is COC(=O)[C@]1(C)C=C2C3=CC(=O)[C@@H]4[C@@]5(C)C/C(=C/O)C(=O)C(C)(C)[C@@H]5CC[C@@]4(C)[C@]3(C)CC[C@@]2(C)CC1. The molecule has 5 aliphatic carbocycles. The highest BCUT2D eigenvalue weighted by molar-refractivity contribution is 6.02. The molecule has 0 amide bonds. The van der Waals surface area contributed by atoms with Gasteiger partial charge < -0.3 is 9.84 Å². The lowest BCUT2D eigenvalue weighted by Gasteiger charge is -2.68. The molecular formula is C32H44O5. The van der Waals surface area contributed by atoms with E-state index >= 15 is 0 Å². The van der Waals surface area contributed by atoms with Crippen molar-refractivity contribution in [3.05, 3.63) is 35.1 Å². The monoisotopic (exact) mass is 508 g/mol. The summed E-state index contributed by atoms with van der Waals surface area (Å²) in [6.07, 6.45) is 10.9. The molecule has 5 heteroatoms. The molecule has 0 unspecified atom stereocenters. The normalized spacial score (nSPS) is 47.6. The van der Waals surface area contributed by atoms with Gasteiger partial charge in [-0.25, -0.2) is 0 Å². The van der Waals surface area contributed by atoms with Gasteiger partial charge in [-0.15, -0.1) is 0 Å². The molecule has 3 saturated carbocycles. The number of Topliss-reactive ketones (excluding diaryl/α,β-unsaturated/α-hetero) is 1. The summed E-state index contributed by atoms with van der Waals surface area (Å²) in [6, 6.07) is 0. The van der Waals surface area contributed by atoms with Gasteiger partial charge in [-0.2, -0.15) is 0 Å². The number of rotatable bonds is 1. The molecule has 0 spiro atoms. The molecule has 0 aromatic carbocycles. The molecule has 0 aliphatic heterocycles. The Hall–Kier alpha value is -2.17. The van der Waals surface area contributed by atoms with Crippen molar-refractivity contribution in [3.8, 4) is 0 Å². The molecule has 0 heterocycles. The van der Waals surface area contributed by atoms with Gasteiger partial charge in [0.15, 0.2) is 11.6 Å². The van der Waals surface area contributed by atoms with Crippen molar-refractivity contribution in [3.63, 3.8) is 0 Å². The molecule has 3 fully saturated rings. The molecule has 0 aromatic rings. The van der Waals surface area contributed by atoms with Crippen molar-refractivity contribution in [1.29, 1.82) is 0 Å². The predicted molar refractivity (Wildman–Crippen MR) is 143 cm³/mol. The quantitative estimate of drug-likeness (QED) is 0.243. The fourth-order valence-electron chi connectivity index (χ4n) is 9.96. The lowest BCUT2D eigenvalue weighted by molar-refractivity contribution is -0.177. The number of hydrogen-bond acceptors (Lipinski definition) is 5. The summed E-state index contributed by atoms with van der Waals surface area (Å²) in [5.74, 6) is -0.237. The van der Waals surface area contributed by atoms with Gasteiger partial charge >= 0.3 is 5.97 Å². The molecule has 0 aromatic heterocycles. The number of methoxy groups -OCH3 is 1. The second kappa shape index (κ2) is 7.70. The minimum absolute atomic E-state index is 0.00895. The molecule has 1 N–H and O–H groups in total. The standard InChI is InChI=1S/C32H44O5/c1-27(2)23-9-10-32(7)24(30(23,5)16-19(18-33)25(27)35)22(34)15-20-21-17-29(4,26(36)37-8)12-11-28(21,3)13-14-31(20,32)6/h15,17-18,23-24,33H,9-14,16H2,1-8H3/b19-18-/t23-,24+,28+,29-,30-,31+,32+/m0/s1. The number of aliphatic hydroxyl groups excluding tert-OH is 1. The second-order valence-corrected chi connectivity index (χ2v) is 14.6. The van der Waals surface area contributed by atoms with Gasteiger partial charge in [-0.1, -0.05) is 47.6 Å². The fraction of sp³-hybridized carbons (Fsp3) is 0.719. The van der Waals surface area contributed by atoms with Gasteiger partial charge in [0.1, 0.15) is 0 Å². The van der Waals surface area contributed by atoms with E-state index < -0.39 is 16.2 Å². The van der Waals surface area contributed by atoms with Crippen LogP contribution in [0.1, 0.15) is 93.4 Å². The first-order valence-electron chi connectivity index (χ1n) is 14.0. The first kappa shape index (κ1) is 26.4. The molecule has 0 bridgehead atoms. The number of aliphatic hydroxyl groups is 1. The van der Waals surface area contributed by atoms with Crippen molar-refractivity contribution in [2.75, 3.05) is 7.11 Å². The van der Waals surface area contributed by atoms with Crippen LogP contribution in [0.2, 0.25) is 0 Å². The highest BCUT2D eigenvalue weighted by Gasteiger charge is 2.70. The zero-order valence-corrected chi connectivity index (χ0v) is 23.9. The van der Waals surface area contributed by atoms with Crippen molar-refractivity contribution in [1.82, 2.24) is 0 Å². The summed E-state index contributed by atoms with van der Waals surface area (Å²) in [5, 5.41) is 10.0. The second-order valence-electron chi connectivity index (χ2n) is 14.6. The molecule has 5 rings (SSSR count). The number of ether oxygens (including phenoxy) is 1. The molecule has 5 aliphatic rings. The predicted octanol–water partition coefficient (Wildman–Crippen LogP) is 6.68. The van der Waals surface area contributed by atoms with Crippen molar-refractivity contribution < 1.29 is 24.2 Å². The average molecular weight is 509 g/mol. The number of carbonyl (C=O) groups is 3. The van der Waals surface area contributed by atoms with Crippen molar-refractivity contribution in [2.24, 2.45) is 44.3 Å². The van der Waals surface area contributed by atoms with Crippen LogP contribution in [0.25, 0.3) is 0 Å². The first-order chi connectivity index (χ1) is 17.0. The molecule has 202 valence electrons. The lowest BCUT2D eigenvalue weighted by Crippen LogP contribution is -2.65. The summed E-state index contributed by atoms with van der Waals surface area (Å²) in [7, 11) is 1.45. The third-order valence-corrected chi connectivity index (χ3v) is 12.4. The van der Waals surface area contributed by atoms with Crippen LogP contribution in [0.3, 0.4) is 0 Å². The van der Waals surface area contributed by atoms with Crippen LogP contribution in [0.4, 0.5) is 0 Å². The van der Waals surface area contributed by atoms with E-state index in [-0.39, 0.29) is 45.6 Å². The summed E-state index contributed by atoms with van der Waals surface area (Å²) in [5.41, 5.74) is 0.391. The molecule has 37 heavy (non-hydrogen) atoms. The maximum atomic E-state index is 14.3. The maximum Gasteiger partial charge on any atom is 0.315 e. The molecule has 7 atom stereocenters.